The molecule has 6 nitrogen and oxygen atoms in total. The van der Waals surface area contributed by atoms with Gasteiger partial charge in [0.05, 0.1) is 21.8 Å². The van der Waals surface area contributed by atoms with E-state index in [2.05, 4.69) is 4.98 Å². The molecule has 4 rings (SSSR count). The highest BCUT2D eigenvalue weighted by molar-refractivity contribution is 7.89. The van der Waals surface area contributed by atoms with E-state index >= 15 is 0 Å². The molecule has 0 radical (unpaired) electrons. The van der Waals surface area contributed by atoms with E-state index in [9.17, 15) is 17.6 Å². The number of amides is 1. The molecule has 0 aliphatic carbocycles. The first kappa shape index (κ1) is 20.7. The van der Waals surface area contributed by atoms with Crippen molar-refractivity contribution >= 4 is 38.4 Å². The van der Waals surface area contributed by atoms with Crippen LogP contribution in [0.25, 0.3) is 10.9 Å². The minimum Gasteiger partial charge on any atom is -0.336 e. The Hall–Kier alpha value is -2.55. The number of aryl methyl sites for hydroxylation is 1. The van der Waals surface area contributed by atoms with Gasteiger partial charge >= 0.3 is 0 Å². The molecule has 9 heteroatoms. The van der Waals surface area contributed by atoms with Gasteiger partial charge in [0.15, 0.2) is 0 Å². The largest absolute Gasteiger partial charge is 0.336 e. The number of hydrogen-bond donors (Lipinski definition) is 0. The van der Waals surface area contributed by atoms with Gasteiger partial charge in [0.1, 0.15) is 10.7 Å². The SMILES string of the molecule is Cc1nc2cc(F)ccc2cc1C(=O)N1CCN(S(=O)(=O)c2ccccc2Cl)CC1. The molecule has 2 heterocycles. The first-order chi connectivity index (χ1) is 14.3. The Bertz CT molecular complexity index is 1240. The number of benzene rings is 2. The molecule has 30 heavy (non-hydrogen) atoms. The molecule has 1 saturated heterocycles. The first-order valence-electron chi connectivity index (χ1n) is 9.38. The zero-order chi connectivity index (χ0) is 21.5. The molecule has 2 aromatic carbocycles. The van der Waals surface area contributed by atoms with Crippen LogP contribution in [-0.2, 0) is 10.0 Å². The Kier molecular flexibility index (Phi) is 5.48. The van der Waals surface area contributed by atoms with Crippen LogP contribution < -0.4 is 0 Å². The van der Waals surface area contributed by atoms with Crippen molar-refractivity contribution in [1.82, 2.24) is 14.2 Å². The number of hydrogen-bond acceptors (Lipinski definition) is 4. The van der Waals surface area contributed by atoms with Gasteiger partial charge in [-0.15, -0.1) is 0 Å². The quantitative estimate of drug-likeness (QED) is 0.616. The highest BCUT2D eigenvalue weighted by Crippen LogP contribution is 2.26. The second kappa shape index (κ2) is 7.94. The maximum absolute atomic E-state index is 13.4. The number of pyridine rings is 1. The Morgan fingerprint density at radius 2 is 1.77 bits per heavy atom. The third-order valence-electron chi connectivity index (χ3n) is 5.18. The smallest absolute Gasteiger partial charge is 0.255 e. The minimum absolute atomic E-state index is 0.0632. The van der Waals surface area contributed by atoms with Crippen LogP contribution >= 0.6 is 11.6 Å². The third kappa shape index (κ3) is 3.78. The van der Waals surface area contributed by atoms with Gasteiger partial charge in [0.2, 0.25) is 10.0 Å². The maximum atomic E-state index is 13.4. The lowest BCUT2D eigenvalue weighted by molar-refractivity contribution is 0.0697. The Morgan fingerprint density at radius 1 is 1.07 bits per heavy atom. The molecule has 0 spiro atoms. The van der Waals surface area contributed by atoms with Gasteiger partial charge in [0, 0.05) is 37.6 Å². The zero-order valence-corrected chi connectivity index (χ0v) is 17.8. The third-order valence-corrected chi connectivity index (χ3v) is 7.58. The van der Waals surface area contributed by atoms with E-state index < -0.39 is 10.0 Å². The molecule has 1 aromatic heterocycles. The van der Waals surface area contributed by atoms with Crippen LogP contribution in [0.5, 0.6) is 0 Å². The fourth-order valence-electron chi connectivity index (χ4n) is 3.55. The standard InChI is InChI=1S/C21H19ClFN3O3S/c1-14-17(12-15-6-7-16(23)13-19(15)24-14)21(27)25-8-10-26(11-9-25)30(28,29)20-5-3-2-4-18(20)22/h2-7,12-13H,8-11H2,1H3. The van der Waals surface area contributed by atoms with Crippen molar-refractivity contribution in [3.05, 3.63) is 70.6 Å². The topological polar surface area (TPSA) is 70.6 Å². The number of aromatic nitrogens is 1. The fourth-order valence-corrected chi connectivity index (χ4v) is 5.46. The van der Waals surface area contributed by atoms with Crippen molar-refractivity contribution in [2.75, 3.05) is 26.2 Å². The van der Waals surface area contributed by atoms with E-state index in [1.807, 2.05) is 0 Å². The van der Waals surface area contributed by atoms with Gasteiger partial charge in [-0.3, -0.25) is 9.78 Å². The van der Waals surface area contributed by atoms with Gasteiger partial charge in [-0.2, -0.15) is 4.31 Å². The van der Waals surface area contributed by atoms with Gasteiger partial charge in [0.25, 0.3) is 5.91 Å². The van der Waals surface area contributed by atoms with E-state index in [-0.39, 0.29) is 47.8 Å². The lowest BCUT2D eigenvalue weighted by Crippen LogP contribution is -2.50. The van der Waals surface area contributed by atoms with Crippen molar-refractivity contribution in [2.24, 2.45) is 0 Å². The molecule has 1 fully saturated rings. The molecule has 0 saturated carbocycles. The van der Waals surface area contributed by atoms with Crippen molar-refractivity contribution in [3.63, 3.8) is 0 Å². The molecule has 1 aliphatic heterocycles. The van der Waals surface area contributed by atoms with Crippen LogP contribution in [0.2, 0.25) is 5.02 Å². The predicted molar refractivity (Wildman–Crippen MR) is 113 cm³/mol. The summed E-state index contributed by atoms with van der Waals surface area (Å²) in [6.45, 7) is 2.55. The number of sulfonamides is 1. The molecular formula is C21H19ClFN3O3S. The monoisotopic (exact) mass is 447 g/mol. The van der Waals surface area contributed by atoms with Crippen molar-refractivity contribution in [1.29, 1.82) is 0 Å². The number of carbonyl (C=O) groups excluding carboxylic acids is 1. The molecule has 0 atom stereocenters. The lowest BCUT2D eigenvalue weighted by atomic mass is 10.1. The van der Waals surface area contributed by atoms with Gasteiger partial charge in [-0.1, -0.05) is 23.7 Å². The summed E-state index contributed by atoms with van der Waals surface area (Å²) in [5.74, 6) is -0.606. The molecule has 0 bridgehead atoms. The maximum Gasteiger partial charge on any atom is 0.255 e. The summed E-state index contributed by atoms with van der Waals surface area (Å²) in [5.41, 5.74) is 1.42. The molecule has 0 N–H and O–H groups in total. The highest BCUT2D eigenvalue weighted by atomic mass is 35.5. The average Bonchev–Trinajstić information content (AvgIpc) is 2.73. The summed E-state index contributed by atoms with van der Waals surface area (Å²) in [6, 6.07) is 12.2. The van der Waals surface area contributed by atoms with Crippen LogP contribution in [0.4, 0.5) is 4.39 Å². The summed E-state index contributed by atoms with van der Waals surface area (Å²) in [7, 11) is -3.73. The van der Waals surface area contributed by atoms with Crippen molar-refractivity contribution in [3.8, 4) is 0 Å². The number of nitrogens with zero attached hydrogens (tertiary/aromatic N) is 3. The van der Waals surface area contributed by atoms with E-state index in [1.165, 1.54) is 28.6 Å². The van der Waals surface area contributed by atoms with Crippen LogP contribution in [-0.4, -0.2) is 54.7 Å². The molecule has 0 unspecified atom stereocenters. The average molecular weight is 448 g/mol. The molecule has 3 aromatic rings. The molecule has 1 aliphatic rings. The number of carbonyl (C=O) groups is 1. The highest BCUT2D eigenvalue weighted by Gasteiger charge is 2.32. The summed E-state index contributed by atoms with van der Waals surface area (Å²) in [5, 5.41) is 0.843. The molecular weight excluding hydrogens is 429 g/mol. The second-order valence-corrected chi connectivity index (χ2v) is 9.40. The minimum atomic E-state index is -3.73. The summed E-state index contributed by atoms with van der Waals surface area (Å²) in [4.78, 5) is 19.1. The summed E-state index contributed by atoms with van der Waals surface area (Å²) >= 11 is 6.06. The van der Waals surface area contributed by atoms with Crippen LogP contribution in [0.15, 0.2) is 53.4 Å². The van der Waals surface area contributed by atoms with E-state index in [4.69, 9.17) is 11.6 Å². The van der Waals surface area contributed by atoms with Crippen LogP contribution in [0.3, 0.4) is 0 Å². The Balaban J connectivity index is 1.52. The number of halogens is 2. The number of piperazine rings is 1. The van der Waals surface area contributed by atoms with Crippen molar-refractivity contribution in [2.45, 2.75) is 11.8 Å². The second-order valence-electron chi connectivity index (χ2n) is 7.09. The van der Waals surface area contributed by atoms with E-state index in [0.29, 0.717) is 22.2 Å². The normalized spacial score (nSPS) is 15.5. The Labute approximate surface area is 178 Å². The van der Waals surface area contributed by atoms with E-state index in [0.717, 1.165) is 0 Å². The summed E-state index contributed by atoms with van der Waals surface area (Å²) in [6.07, 6.45) is 0. The predicted octanol–water partition coefficient (Wildman–Crippen LogP) is 3.48. The van der Waals surface area contributed by atoms with Gasteiger partial charge in [-0.05, 0) is 37.3 Å². The van der Waals surface area contributed by atoms with Gasteiger partial charge < -0.3 is 4.90 Å². The van der Waals surface area contributed by atoms with Crippen LogP contribution in [0.1, 0.15) is 16.1 Å². The van der Waals surface area contributed by atoms with Crippen molar-refractivity contribution < 1.29 is 17.6 Å². The molecule has 1 amide bonds. The first-order valence-corrected chi connectivity index (χ1v) is 11.2. The molecule has 156 valence electrons. The van der Waals surface area contributed by atoms with Gasteiger partial charge in [-0.25, -0.2) is 12.8 Å². The van der Waals surface area contributed by atoms with E-state index in [1.54, 1.807) is 36.1 Å². The zero-order valence-electron chi connectivity index (χ0n) is 16.2. The summed E-state index contributed by atoms with van der Waals surface area (Å²) < 4.78 is 40.5. The lowest BCUT2D eigenvalue weighted by Gasteiger charge is -2.34. The number of rotatable bonds is 3. The fraction of sp³-hybridized carbons (Fsp3) is 0.238. The van der Waals surface area contributed by atoms with Crippen LogP contribution in [0, 0.1) is 12.7 Å². The number of fused-ring (bicyclic) bond motifs is 1. The Morgan fingerprint density at radius 3 is 2.47 bits per heavy atom.